The number of anilines is 1. The standard InChI is InChI=1S/C36H37ClN6O5S/c1-20-21(2)49-36-33(20)34(23-6-8-24(37)9-7-23)40-25(18-43(36)22(3)42-38-4)16-32(45)39-14-5-15-47-26-10-12-30-28(17-26)29(19-48-30)27-11-13-31(44)41-35(27)46/h6-10,12,17,19,25,27H,4-5,11,13-16,18H2,1-3H3,(H,39,45)(H,41,44,46)/b42-22-/t25-,27?/m0/s1. The average molecular weight is 701 g/mol. The Hall–Kier alpha value is -4.81. The summed E-state index contributed by atoms with van der Waals surface area (Å²) in [7, 11) is 0. The number of amides is 3. The van der Waals surface area contributed by atoms with Crippen LogP contribution in [0.2, 0.25) is 5.02 Å². The van der Waals surface area contributed by atoms with Crippen molar-refractivity contribution in [3.05, 3.63) is 80.9 Å². The number of benzene rings is 2. The summed E-state index contributed by atoms with van der Waals surface area (Å²) in [6.45, 7) is 10.8. The number of carbonyl (C=O) groups excluding carboxylic acids is 3. The number of thiophene rings is 1. The number of furan rings is 1. The van der Waals surface area contributed by atoms with Gasteiger partial charge in [-0.3, -0.25) is 24.7 Å². The summed E-state index contributed by atoms with van der Waals surface area (Å²) < 4.78 is 11.7. The maximum absolute atomic E-state index is 13.3. The lowest BCUT2D eigenvalue weighted by Crippen LogP contribution is -2.39. The molecule has 4 aromatic rings. The van der Waals surface area contributed by atoms with Crippen LogP contribution in [0.4, 0.5) is 5.00 Å². The Morgan fingerprint density at radius 1 is 1.22 bits per heavy atom. The lowest BCUT2D eigenvalue weighted by Gasteiger charge is -2.24. The van der Waals surface area contributed by atoms with Crippen LogP contribution in [0.3, 0.4) is 0 Å². The number of piperidine rings is 1. The minimum Gasteiger partial charge on any atom is -0.494 e. The molecule has 6 rings (SSSR count). The Labute approximate surface area is 293 Å². The van der Waals surface area contributed by atoms with E-state index in [1.165, 1.54) is 4.88 Å². The molecule has 254 valence electrons. The molecule has 1 fully saturated rings. The van der Waals surface area contributed by atoms with Gasteiger partial charge in [0.05, 0.1) is 37.0 Å². The molecule has 0 spiro atoms. The third-order valence-electron chi connectivity index (χ3n) is 8.80. The van der Waals surface area contributed by atoms with E-state index < -0.39 is 5.92 Å². The van der Waals surface area contributed by atoms with Gasteiger partial charge in [0.1, 0.15) is 22.2 Å². The van der Waals surface area contributed by atoms with E-state index >= 15 is 0 Å². The van der Waals surface area contributed by atoms with Crippen LogP contribution in [-0.4, -0.2) is 61.7 Å². The number of hydrogen-bond acceptors (Lipinski definition) is 9. The van der Waals surface area contributed by atoms with Gasteiger partial charge in [-0.2, -0.15) is 5.10 Å². The molecule has 2 aromatic carbocycles. The topological polar surface area (TPSA) is 138 Å². The van der Waals surface area contributed by atoms with E-state index in [1.54, 1.807) is 23.7 Å². The van der Waals surface area contributed by atoms with E-state index in [0.717, 1.165) is 38.4 Å². The molecule has 13 heteroatoms. The third kappa shape index (κ3) is 7.45. The van der Waals surface area contributed by atoms with Crippen LogP contribution >= 0.6 is 22.9 Å². The highest BCUT2D eigenvalue weighted by Gasteiger charge is 2.32. The SMILES string of the molecule is C=N/N=C(/C)N1C[C@H](CC(=O)NCCCOc2ccc3occ(C4CCC(=O)NC4=O)c3c2)N=C(c2ccc(Cl)cc2)c2c1sc(C)c2C. The number of hydrogen-bond donors (Lipinski definition) is 2. The lowest BCUT2D eigenvalue weighted by molar-refractivity contribution is -0.134. The van der Waals surface area contributed by atoms with Gasteiger partial charge < -0.3 is 19.4 Å². The van der Waals surface area contributed by atoms with Crippen LogP contribution in [0.25, 0.3) is 11.0 Å². The fraction of sp³-hybridized carbons (Fsp3) is 0.333. The predicted octanol–water partition coefficient (Wildman–Crippen LogP) is 6.32. The number of fused-ring (bicyclic) bond motifs is 2. The number of rotatable bonds is 10. The van der Waals surface area contributed by atoms with Crippen molar-refractivity contribution >= 4 is 74.9 Å². The second kappa shape index (κ2) is 14.8. The number of nitrogens with one attached hydrogen (secondary N) is 2. The number of carbonyl (C=O) groups is 3. The summed E-state index contributed by atoms with van der Waals surface area (Å²) in [5.74, 6) is 0.150. The first-order chi connectivity index (χ1) is 23.6. The number of aliphatic imine (C=N–C) groups is 1. The summed E-state index contributed by atoms with van der Waals surface area (Å²) >= 11 is 7.89. The number of imide groups is 1. The first-order valence-electron chi connectivity index (χ1n) is 16.1. The largest absolute Gasteiger partial charge is 0.494 e. The highest BCUT2D eigenvalue weighted by Crippen LogP contribution is 2.40. The maximum atomic E-state index is 13.3. The maximum Gasteiger partial charge on any atom is 0.234 e. The Bertz CT molecular complexity index is 1980. The van der Waals surface area contributed by atoms with Crippen molar-refractivity contribution in [3.8, 4) is 5.75 Å². The van der Waals surface area contributed by atoms with Crippen molar-refractivity contribution in [3.63, 3.8) is 0 Å². The second-order valence-corrected chi connectivity index (χ2v) is 13.7. The molecule has 2 atom stereocenters. The smallest absolute Gasteiger partial charge is 0.234 e. The zero-order chi connectivity index (χ0) is 34.7. The minimum absolute atomic E-state index is 0.118. The van der Waals surface area contributed by atoms with Crippen LogP contribution in [-0.2, 0) is 14.4 Å². The Kier molecular flexibility index (Phi) is 10.3. The Morgan fingerprint density at radius 3 is 2.78 bits per heavy atom. The number of nitrogens with zero attached hydrogens (tertiary/aromatic N) is 4. The summed E-state index contributed by atoms with van der Waals surface area (Å²) in [5, 5.41) is 15.9. The zero-order valence-corrected chi connectivity index (χ0v) is 29.1. The van der Waals surface area contributed by atoms with Crippen LogP contribution < -0.4 is 20.3 Å². The molecule has 3 amide bonds. The van der Waals surface area contributed by atoms with Crippen molar-refractivity contribution in [2.24, 2.45) is 15.2 Å². The molecule has 2 N–H and O–H groups in total. The van der Waals surface area contributed by atoms with E-state index in [4.69, 9.17) is 25.7 Å². The normalized spacial score (nSPS) is 18.1. The van der Waals surface area contributed by atoms with Gasteiger partial charge >= 0.3 is 0 Å². The molecule has 49 heavy (non-hydrogen) atoms. The molecular weight excluding hydrogens is 664 g/mol. The lowest BCUT2D eigenvalue weighted by atomic mass is 9.90. The van der Waals surface area contributed by atoms with E-state index in [-0.39, 0.29) is 36.6 Å². The van der Waals surface area contributed by atoms with Gasteiger partial charge in [-0.1, -0.05) is 23.7 Å². The van der Waals surface area contributed by atoms with Gasteiger partial charge in [-0.25, -0.2) is 0 Å². The van der Waals surface area contributed by atoms with Crippen molar-refractivity contribution in [1.82, 2.24) is 10.6 Å². The predicted molar refractivity (Wildman–Crippen MR) is 194 cm³/mol. The van der Waals surface area contributed by atoms with Gasteiger partial charge in [-0.05, 0) is 69.5 Å². The first kappa shape index (κ1) is 34.1. The quantitative estimate of drug-likeness (QED) is 0.0653. The summed E-state index contributed by atoms with van der Waals surface area (Å²) in [5.41, 5.74) is 5.26. The molecule has 0 radical (unpaired) electrons. The second-order valence-electron chi connectivity index (χ2n) is 12.1. The van der Waals surface area contributed by atoms with Crippen molar-refractivity contribution < 1.29 is 23.5 Å². The molecule has 2 aromatic heterocycles. The molecule has 0 saturated carbocycles. The van der Waals surface area contributed by atoms with Crippen LogP contribution in [0.15, 0.2) is 68.3 Å². The summed E-state index contributed by atoms with van der Waals surface area (Å²) in [4.78, 5) is 45.7. The highest BCUT2D eigenvalue weighted by atomic mass is 35.5. The number of ether oxygens (including phenoxy) is 1. The molecule has 0 bridgehead atoms. The fourth-order valence-electron chi connectivity index (χ4n) is 6.19. The molecule has 2 aliphatic heterocycles. The van der Waals surface area contributed by atoms with E-state index in [1.807, 2.05) is 43.3 Å². The van der Waals surface area contributed by atoms with E-state index in [9.17, 15) is 14.4 Å². The van der Waals surface area contributed by atoms with E-state index in [2.05, 4.69) is 46.3 Å². The van der Waals surface area contributed by atoms with Gasteiger partial charge in [0.2, 0.25) is 17.7 Å². The van der Waals surface area contributed by atoms with Gasteiger partial charge in [0, 0.05) is 58.2 Å². The summed E-state index contributed by atoms with van der Waals surface area (Å²) in [6.07, 6.45) is 3.06. The van der Waals surface area contributed by atoms with Gasteiger partial charge in [-0.15, -0.1) is 16.4 Å². The highest BCUT2D eigenvalue weighted by molar-refractivity contribution is 7.17. The minimum atomic E-state index is -0.452. The molecule has 1 unspecified atom stereocenters. The molecule has 0 aliphatic carbocycles. The van der Waals surface area contributed by atoms with Gasteiger partial charge in [0.25, 0.3) is 0 Å². The Balaban J connectivity index is 1.10. The Morgan fingerprint density at radius 2 is 2.02 bits per heavy atom. The molecular formula is C36H37ClN6O5S. The van der Waals surface area contributed by atoms with Crippen LogP contribution in [0.1, 0.15) is 65.7 Å². The van der Waals surface area contributed by atoms with Crippen LogP contribution in [0, 0.1) is 13.8 Å². The molecule has 2 aliphatic rings. The van der Waals surface area contributed by atoms with E-state index in [0.29, 0.717) is 54.7 Å². The van der Waals surface area contributed by atoms with Gasteiger partial charge in [0.15, 0.2) is 0 Å². The zero-order valence-electron chi connectivity index (χ0n) is 27.5. The number of halogens is 1. The number of aryl methyl sites for hydroxylation is 1. The summed E-state index contributed by atoms with van der Waals surface area (Å²) in [6, 6.07) is 12.7. The third-order valence-corrected chi connectivity index (χ3v) is 10.3. The fourth-order valence-corrected chi connectivity index (χ4v) is 7.53. The monoisotopic (exact) mass is 700 g/mol. The number of amidine groups is 1. The van der Waals surface area contributed by atoms with Crippen LogP contribution in [0.5, 0.6) is 5.75 Å². The molecule has 4 heterocycles. The van der Waals surface area contributed by atoms with Crippen molar-refractivity contribution in [2.45, 2.75) is 58.4 Å². The first-order valence-corrected chi connectivity index (χ1v) is 17.3. The molecule has 11 nitrogen and oxygen atoms in total. The van der Waals surface area contributed by atoms with Crippen molar-refractivity contribution in [2.75, 3.05) is 24.6 Å². The molecule has 1 saturated heterocycles. The van der Waals surface area contributed by atoms with Crippen molar-refractivity contribution in [1.29, 1.82) is 0 Å². The average Bonchev–Trinajstić information content (AvgIpc) is 3.56.